The van der Waals surface area contributed by atoms with Crippen LogP contribution in [0.2, 0.25) is 0 Å². The van der Waals surface area contributed by atoms with Gasteiger partial charge in [-0.3, -0.25) is 0 Å². The number of guanidine groups is 1. The summed E-state index contributed by atoms with van der Waals surface area (Å²) in [5, 5.41) is 9.55. The van der Waals surface area contributed by atoms with Gasteiger partial charge in [0.15, 0.2) is 5.96 Å². The Balaban J connectivity index is 0.00000392. The van der Waals surface area contributed by atoms with E-state index >= 15 is 0 Å². The van der Waals surface area contributed by atoms with Gasteiger partial charge in [0.2, 0.25) is 0 Å². The third kappa shape index (κ3) is 9.09. The summed E-state index contributed by atoms with van der Waals surface area (Å²) >= 11 is 0. The predicted octanol–water partition coefficient (Wildman–Crippen LogP) is 3.41. The van der Waals surface area contributed by atoms with Crippen LogP contribution in [0.4, 0.5) is 10.5 Å². The Labute approximate surface area is 185 Å². The summed E-state index contributed by atoms with van der Waals surface area (Å²) in [7, 11) is 0. The van der Waals surface area contributed by atoms with Crippen molar-refractivity contribution in [3.63, 3.8) is 0 Å². The Morgan fingerprint density at radius 3 is 2.71 bits per heavy atom. The van der Waals surface area contributed by atoms with Crippen LogP contribution in [-0.4, -0.2) is 56.3 Å². The van der Waals surface area contributed by atoms with Crippen LogP contribution in [0.1, 0.15) is 38.7 Å². The summed E-state index contributed by atoms with van der Waals surface area (Å²) in [6.07, 6.45) is 3.12. The number of likely N-dealkylation sites (tertiary alicyclic amines) is 1. The molecule has 1 heterocycles. The summed E-state index contributed by atoms with van der Waals surface area (Å²) in [6, 6.07) is 7.85. The lowest BCUT2D eigenvalue weighted by atomic mass is 10.2. The molecule has 3 N–H and O–H groups in total. The first-order valence-electron chi connectivity index (χ1n) is 9.97. The van der Waals surface area contributed by atoms with Gasteiger partial charge in [-0.2, -0.15) is 0 Å². The average molecular weight is 503 g/mol. The number of ether oxygens (including phenoxy) is 1. The number of carbonyl (C=O) groups is 1. The Hall–Kier alpha value is -1.55. The molecule has 1 aliphatic heterocycles. The maximum atomic E-state index is 12.2. The van der Waals surface area contributed by atoms with Crippen molar-refractivity contribution in [1.29, 1.82) is 0 Å². The molecule has 1 aromatic carbocycles. The fourth-order valence-corrected chi connectivity index (χ4v) is 2.91. The average Bonchev–Trinajstić information content (AvgIpc) is 3.21. The Bertz CT molecular complexity index is 606. The summed E-state index contributed by atoms with van der Waals surface area (Å²) in [6.45, 7) is 9.41. The molecule has 1 aliphatic rings. The molecule has 2 amide bonds. The molecule has 1 saturated heterocycles. The second kappa shape index (κ2) is 14.4. The van der Waals surface area contributed by atoms with Gasteiger partial charge in [0, 0.05) is 45.1 Å². The smallest absolute Gasteiger partial charge is 0.321 e. The quantitative estimate of drug-likeness (QED) is 0.209. The minimum Gasteiger partial charge on any atom is -0.382 e. The van der Waals surface area contributed by atoms with E-state index in [9.17, 15) is 4.79 Å². The number of nitrogens with one attached hydrogen (secondary N) is 3. The molecule has 0 spiro atoms. The zero-order valence-corrected chi connectivity index (χ0v) is 19.3. The van der Waals surface area contributed by atoms with E-state index in [1.807, 2.05) is 43.0 Å². The molecule has 0 aromatic heterocycles. The molecule has 1 aromatic rings. The lowest BCUT2D eigenvalue weighted by Crippen LogP contribution is -2.38. The van der Waals surface area contributed by atoms with Crippen LogP contribution in [0.5, 0.6) is 0 Å². The minimum absolute atomic E-state index is 0. The second-order valence-electron chi connectivity index (χ2n) is 6.50. The molecule has 0 saturated carbocycles. The highest BCUT2D eigenvalue weighted by Gasteiger charge is 2.17. The molecule has 0 atom stereocenters. The Morgan fingerprint density at radius 2 is 2.00 bits per heavy atom. The largest absolute Gasteiger partial charge is 0.382 e. The topological polar surface area (TPSA) is 78.0 Å². The number of urea groups is 1. The van der Waals surface area contributed by atoms with Crippen molar-refractivity contribution in [2.45, 2.75) is 39.7 Å². The van der Waals surface area contributed by atoms with Crippen LogP contribution in [0, 0.1) is 0 Å². The molecule has 8 heteroatoms. The van der Waals surface area contributed by atoms with Gasteiger partial charge >= 0.3 is 6.03 Å². The number of anilines is 1. The number of nitrogens with zero attached hydrogens (tertiary/aromatic N) is 2. The molecule has 1 fully saturated rings. The van der Waals surface area contributed by atoms with Gasteiger partial charge in [0.1, 0.15) is 0 Å². The van der Waals surface area contributed by atoms with Crippen LogP contribution in [-0.2, 0) is 11.3 Å². The zero-order chi connectivity index (χ0) is 19.3. The number of halogens is 1. The maximum absolute atomic E-state index is 12.2. The molecule has 7 nitrogen and oxygen atoms in total. The summed E-state index contributed by atoms with van der Waals surface area (Å²) in [5.41, 5.74) is 1.87. The van der Waals surface area contributed by atoms with E-state index in [0.717, 1.165) is 75.9 Å². The first-order valence-corrected chi connectivity index (χ1v) is 9.97. The number of aliphatic imine (C=N–C) groups is 1. The number of carbonyl (C=O) groups excluding carboxylic acids is 1. The first kappa shape index (κ1) is 24.5. The number of hydrogen-bond acceptors (Lipinski definition) is 3. The molecule has 0 aliphatic carbocycles. The van der Waals surface area contributed by atoms with Gasteiger partial charge in [-0.25, -0.2) is 9.79 Å². The maximum Gasteiger partial charge on any atom is 0.321 e. The van der Waals surface area contributed by atoms with Crippen molar-refractivity contribution >= 4 is 41.7 Å². The lowest BCUT2D eigenvalue weighted by Gasteiger charge is -2.16. The molecule has 158 valence electrons. The third-order valence-corrected chi connectivity index (χ3v) is 4.30. The van der Waals surface area contributed by atoms with E-state index in [1.54, 1.807) is 0 Å². The lowest BCUT2D eigenvalue weighted by molar-refractivity contribution is 0.145. The molecule has 0 unspecified atom stereocenters. The number of rotatable bonds is 9. The molecular weight excluding hydrogens is 469 g/mol. The predicted molar refractivity (Wildman–Crippen MR) is 126 cm³/mol. The molecule has 0 bridgehead atoms. The zero-order valence-electron chi connectivity index (χ0n) is 17.0. The Morgan fingerprint density at radius 1 is 1.21 bits per heavy atom. The summed E-state index contributed by atoms with van der Waals surface area (Å²) in [4.78, 5) is 18.7. The normalized spacial score (nSPS) is 13.8. The van der Waals surface area contributed by atoms with Crippen molar-refractivity contribution in [3.05, 3.63) is 29.8 Å². The summed E-state index contributed by atoms with van der Waals surface area (Å²) < 4.78 is 5.35. The first-order chi connectivity index (χ1) is 13.2. The number of hydrogen-bond donors (Lipinski definition) is 3. The highest BCUT2D eigenvalue weighted by atomic mass is 127. The standard InChI is InChI=1S/C20H33N5O2.HI/c1-3-21-19(22-11-8-14-27-4-2)23-16-17-9-7-10-18(15-17)24-20(26)25-12-5-6-13-25;/h7,9-10,15H,3-6,8,11-14,16H2,1-2H3,(H,24,26)(H2,21,22,23);1H. The van der Waals surface area contributed by atoms with Gasteiger partial charge in [0.05, 0.1) is 6.54 Å². The van der Waals surface area contributed by atoms with Gasteiger partial charge in [-0.05, 0) is 50.8 Å². The highest BCUT2D eigenvalue weighted by Crippen LogP contribution is 2.14. The van der Waals surface area contributed by atoms with Crippen LogP contribution in [0.3, 0.4) is 0 Å². The van der Waals surface area contributed by atoms with E-state index in [2.05, 4.69) is 20.9 Å². The third-order valence-electron chi connectivity index (χ3n) is 4.30. The van der Waals surface area contributed by atoms with E-state index in [0.29, 0.717) is 6.54 Å². The van der Waals surface area contributed by atoms with Gasteiger partial charge in [-0.1, -0.05) is 12.1 Å². The summed E-state index contributed by atoms with van der Waals surface area (Å²) in [5.74, 6) is 0.792. The van der Waals surface area contributed by atoms with E-state index in [1.165, 1.54) is 0 Å². The van der Waals surface area contributed by atoms with Crippen molar-refractivity contribution in [1.82, 2.24) is 15.5 Å². The molecular formula is C20H34IN5O2. The fraction of sp³-hybridized carbons (Fsp3) is 0.600. The van der Waals surface area contributed by atoms with E-state index in [-0.39, 0.29) is 30.0 Å². The van der Waals surface area contributed by atoms with Gasteiger partial charge in [-0.15, -0.1) is 24.0 Å². The number of amides is 2. The number of benzene rings is 1. The monoisotopic (exact) mass is 503 g/mol. The van der Waals surface area contributed by atoms with Crippen molar-refractivity contribution < 1.29 is 9.53 Å². The van der Waals surface area contributed by atoms with Crippen LogP contribution >= 0.6 is 24.0 Å². The highest BCUT2D eigenvalue weighted by molar-refractivity contribution is 14.0. The fourth-order valence-electron chi connectivity index (χ4n) is 2.91. The van der Waals surface area contributed by atoms with Crippen molar-refractivity contribution in [2.24, 2.45) is 4.99 Å². The minimum atomic E-state index is -0.0162. The van der Waals surface area contributed by atoms with Gasteiger partial charge in [0.25, 0.3) is 0 Å². The van der Waals surface area contributed by atoms with Crippen molar-refractivity contribution in [3.8, 4) is 0 Å². The van der Waals surface area contributed by atoms with E-state index in [4.69, 9.17) is 4.74 Å². The van der Waals surface area contributed by atoms with E-state index < -0.39 is 0 Å². The van der Waals surface area contributed by atoms with Crippen LogP contribution in [0.25, 0.3) is 0 Å². The second-order valence-corrected chi connectivity index (χ2v) is 6.50. The van der Waals surface area contributed by atoms with Crippen LogP contribution in [0.15, 0.2) is 29.3 Å². The SMILES string of the molecule is CCNC(=NCc1cccc(NC(=O)N2CCCC2)c1)NCCCOCC.I. The Kier molecular flexibility index (Phi) is 12.6. The molecule has 28 heavy (non-hydrogen) atoms. The van der Waals surface area contributed by atoms with Gasteiger partial charge < -0.3 is 25.6 Å². The van der Waals surface area contributed by atoms with Crippen molar-refractivity contribution in [2.75, 3.05) is 44.7 Å². The molecule has 0 radical (unpaired) electrons. The van der Waals surface area contributed by atoms with Crippen LogP contribution < -0.4 is 16.0 Å². The molecule has 2 rings (SSSR count).